The molecule has 0 aromatic heterocycles. The van der Waals surface area contributed by atoms with Crippen LogP contribution >= 0.6 is 27.5 Å². The number of halogens is 2. The third kappa shape index (κ3) is 3.39. The molecule has 0 aliphatic rings. The summed E-state index contributed by atoms with van der Waals surface area (Å²) in [7, 11) is 1.32. The highest BCUT2D eigenvalue weighted by Crippen LogP contribution is 2.24. The van der Waals surface area contributed by atoms with Crippen LogP contribution in [0.1, 0.15) is 12.5 Å². The lowest BCUT2D eigenvalue weighted by atomic mass is 10.2. The van der Waals surface area contributed by atoms with E-state index in [9.17, 15) is 4.79 Å². The molecule has 0 saturated heterocycles. The molecule has 0 N–H and O–H groups in total. The van der Waals surface area contributed by atoms with E-state index in [1.54, 1.807) is 19.1 Å². The minimum Gasteiger partial charge on any atom is -0.479 e. The van der Waals surface area contributed by atoms with E-state index in [1.165, 1.54) is 7.11 Å². The number of hydrogen-bond acceptors (Lipinski definition) is 3. The quantitative estimate of drug-likeness (QED) is 0.633. The summed E-state index contributed by atoms with van der Waals surface area (Å²) >= 11 is 9.32. The molecule has 1 aromatic carbocycles. The van der Waals surface area contributed by atoms with E-state index in [1.807, 2.05) is 6.07 Å². The number of alkyl halides is 1. The maximum atomic E-state index is 11.1. The first-order valence-electron chi connectivity index (χ1n) is 4.67. The van der Waals surface area contributed by atoms with Crippen molar-refractivity contribution in [1.29, 1.82) is 0 Å². The zero-order valence-electron chi connectivity index (χ0n) is 9.00. The number of ether oxygens (including phenoxy) is 2. The number of carbonyl (C=O) groups excluding carboxylic acids is 1. The molecule has 5 heteroatoms. The fourth-order valence-electron chi connectivity index (χ4n) is 1.13. The molecule has 0 bridgehead atoms. The Labute approximate surface area is 108 Å². The highest BCUT2D eigenvalue weighted by atomic mass is 79.9. The zero-order chi connectivity index (χ0) is 12.1. The minimum atomic E-state index is -0.643. The molecule has 0 aliphatic carbocycles. The Morgan fingerprint density at radius 3 is 2.75 bits per heavy atom. The molecule has 0 heterocycles. The number of methoxy groups -OCH3 is 1. The van der Waals surface area contributed by atoms with Crippen LogP contribution in [0.5, 0.6) is 5.75 Å². The molecule has 0 aliphatic heterocycles. The molecule has 0 unspecified atom stereocenters. The van der Waals surface area contributed by atoms with Crippen molar-refractivity contribution in [2.45, 2.75) is 18.4 Å². The third-order valence-electron chi connectivity index (χ3n) is 2.01. The van der Waals surface area contributed by atoms with Crippen molar-refractivity contribution in [3.05, 3.63) is 28.8 Å². The van der Waals surface area contributed by atoms with Gasteiger partial charge in [0.05, 0.1) is 7.11 Å². The molecule has 1 atom stereocenters. The van der Waals surface area contributed by atoms with Crippen molar-refractivity contribution in [3.63, 3.8) is 0 Å². The van der Waals surface area contributed by atoms with E-state index in [0.717, 1.165) is 5.56 Å². The van der Waals surface area contributed by atoms with Gasteiger partial charge in [0.15, 0.2) is 6.10 Å². The van der Waals surface area contributed by atoms with E-state index >= 15 is 0 Å². The van der Waals surface area contributed by atoms with Gasteiger partial charge in [-0.15, -0.1) is 0 Å². The molecule has 0 spiro atoms. The SMILES string of the molecule is COC(=O)[C@@H](C)Oc1ccc(CBr)c(Cl)c1. The highest BCUT2D eigenvalue weighted by Gasteiger charge is 2.15. The van der Waals surface area contributed by atoms with Gasteiger partial charge < -0.3 is 9.47 Å². The summed E-state index contributed by atoms with van der Waals surface area (Å²) in [5.74, 6) is 0.133. The largest absolute Gasteiger partial charge is 0.479 e. The molecular weight excluding hydrogens is 295 g/mol. The van der Waals surface area contributed by atoms with E-state index in [4.69, 9.17) is 16.3 Å². The third-order valence-corrected chi connectivity index (χ3v) is 2.97. The lowest BCUT2D eigenvalue weighted by Gasteiger charge is -2.13. The summed E-state index contributed by atoms with van der Waals surface area (Å²) in [6.45, 7) is 1.62. The molecule has 0 saturated carbocycles. The lowest BCUT2D eigenvalue weighted by Crippen LogP contribution is -2.24. The Morgan fingerprint density at radius 2 is 2.25 bits per heavy atom. The summed E-state index contributed by atoms with van der Waals surface area (Å²) in [6.07, 6.45) is -0.643. The molecule has 16 heavy (non-hydrogen) atoms. The first-order chi connectivity index (χ1) is 7.58. The number of esters is 1. The van der Waals surface area contributed by atoms with Crippen molar-refractivity contribution >= 4 is 33.5 Å². The van der Waals surface area contributed by atoms with E-state index in [2.05, 4.69) is 20.7 Å². The Kier molecular flexibility index (Phi) is 5.09. The topological polar surface area (TPSA) is 35.5 Å². The van der Waals surface area contributed by atoms with E-state index in [0.29, 0.717) is 16.1 Å². The summed E-state index contributed by atoms with van der Waals surface area (Å²) in [5.41, 5.74) is 0.972. The van der Waals surface area contributed by atoms with Gasteiger partial charge in [-0.25, -0.2) is 4.79 Å². The van der Waals surface area contributed by atoms with Crippen LogP contribution in [0.4, 0.5) is 0 Å². The molecule has 1 rings (SSSR count). The van der Waals surface area contributed by atoms with Crippen molar-refractivity contribution in [2.75, 3.05) is 7.11 Å². The molecule has 3 nitrogen and oxygen atoms in total. The maximum Gasteiger partial charge on any atom is 0.346 e. The van der Waals surface area contributed by atoms with Crippen LogP contribution in [0, 0.1) is 0 Å². The molecule has 1 aromatic rings. The lowest BCUT2D eigenvalue weighted by molar-refractivity contribution is -0.147. The fourth-order valence-corrected chi connectivity index (χ4v) is 2.02. The van der Waals surface area contributed by atoms with Crippen LogP contribution in [0.15, 0.2) is 18.2 Å². The molecule has 0 amide bonds. The van der Waals surface area contributed by atoms with Crippen LogP contribution < -0.4 is 4.74 Å². The van der Waals surface area contributed by atoms with Gasteiger partial charge in [-0.3, -0.25) is 0 Å². The Hall–Kier alpha value is -0.740. The first kappa shape index (κ1) is 13.3. The Bertz CT molecular complexity index is 381. The number of hydrogen-bond donors (Lipinski definition) is 0. The van der Waals surface area contributed by atoms with Gasteiger partial charge in [0.1, 0.15) is 5.75 Å². The van der Waals surface area contributed by atoms with Gasteiger partial charge in [0.25, 0.3) is 0 Å². The van der Waals surface area contributed by atoms with Crippen LogP contribution in [-0.4, -0.2) is 19.2 Å². The van der Waals surface area contributed by atoms with Crippen LogP contribution in [0.3, 0.4) is 0 Å². The molecule has 88 valence electrons. The number of carbonyl (C=O) groups is 1. The summed E-state index contributed by atoms with van der Waals surface area (Å²) in [4.78, 5) is 11.1. The Morgan fingerprint density at radius 1 is 1.56 bits per heavy atom. The monoisotopic (exact) mass is 306 g/mol. The summed E-state index contributed by atoms with van der Waals surface area (Å²) < 4.78 is 9.93. The van der Waals surface area contributed by atoms with Crippen molar-refractivity contribution in [2.24, 2.45) is 0 Å². The second kappa shape index (κ2) is 6.11. The predicted molar refractivity (Wildman–Crippen MR) is 66.2 cm³/mol. The predicted octanol–water partition coefficient (Wildman–Crippen LogP) is 3.18. The van der Waals surface area contributed by atoms with E-state index in [-0.39, 0.29) is 0 Å². The number of benzene rings is 1. The normalized spacial score (nSPS) is 12.0. The molecular formula is C11H12BrClO3. The second-order valence-corrected chi connectivity index (χ2v) is 4.14. The first-order valence-corrected chi connectivity index (χ1v) is 6.17. The van der Waals surface area contributed by atoms with Crippen LogP contribution in [0.2, 0.25) is 5.02 Å². The molecule has 0 fully saturated rings. The fraction of sp³-hybridized carbons (Fsp3) is 0.364. The number of rotatable bonds is 4. The minimum absolute atomic E-state index is 0.416. The van der Waals surface area contributed by atoms with Gasteiger partial charge in [0, 0.05) is 10.4 Å². The van der Waals surface area contributed by atoms with Crippen molar-refractivity contribution < 1.29 is 14.3 Å². The second-order valence-electron chi connectivity index (χ2n) is 3.17. The van der Waals surface area contributed by atoms with Gasteiger partial charge in [-0.05, 0) is 24.6 Å². The van der Waals surface area contributed by atoms with E-state index < -0.39 is 12.1 Å². The van der Waals surface area contributed by atoms with Crippen LogP contribution in [0.25, 0.3) is 0 Å². The average molecular weight is 308 g/mol. The van der Waals surface area contributed by atoms with Gasteiger partial charge in [-0.2, -0.15) is 0 Å². The summed E-state index contributed by atoms with van der Waals surface area (Å²) in [6, 6.07) is 5.29. The summed E-state index contributed by atoms with van der Waals surface area (Å²) in [5, 5.41) is 1.28. The van der Waals surface area contributed by atoms with Gasteiger partial charge in [-0.1, -0.05) is 33.6 Å². The smallest absolute Gasteiger partial charge is 0.346 e. The maximum absolute atomic E-state index is 11.1. The van der Waals surface area contributed by atoms with Gasteiger partial charge in [0.2, 0.25) is 0 Å². The van der Waals surface area contributed by atoms with Gasteiger partial charge >= 0.3 is 5.97 Å². The van der Waals surface area contributed by atoms with Crippen molar-refractivity contribution in [3.8, 4) is 5.75 Å². The Balaban J connectivity index is 2.75. The molecule has 0 radical (unpaired) electrons. The standard InChI is InChI=1S/C11H12BrClO3/c1-7(11(14)15-2)16-9-4-3-8(6-12)10(13)5-9/h3-5,7H,6H2,1-2H3/t7-/m1/s1. The van der Waals surface area contributed by atoms with Crippen molar-refractivity contribution in [1.82, 2.24) is 0 Å². The zero-order valence-corrected chi connectivity index (χ0v) is 11.3. The average Bonchev–Trinajstić information content (AvgIpc) is 2.28. The van der Waals surface area contributed by atoms with Crippen LogP contribution in [-0.2, 0) is 14.9 Å². The highest BCUT2D eigenvalue weighted by molar-refractivity contribution is 9.08.